The van der Waals surface area contributed by atoms with Gasteiger partial charge in [-0.15, -0.1) is 11.8 Å². The molecule has 1 rings (SSSR count). The number of carbonyl (C=O) groups is 1. The summed E-state index contributed by atoms with van der Waals surface area (Å²) in [5.74, 6) is 0.797. The van der Waals surface area contributed by atoms with Gasteiger partial charge in [0.1, 0.15) is 0 Å². The number of hydrogen-bond acceptors (Lipinski definition) is 2. The maximum atomic E-state index is 12.0. The fourth-order valence-electron chi connectivity index (χ4n) is 1.49. The molecule has 0 bridgehead atoms. The van der Waals surface area contributed by atoms with E-state index in [4.69, 9.17) is 0 Å². The first-order valence-electron chi connectivity index (χ1n) is 5.54. The fraction of sp³-hybridized carbons (Fsp3) is 0.500. The van der Waals surface area contributed by atoms with E-state index < -0.39 is 0 Å². The van der Waals surface area contributed by atoms with E-state index in [1.54, 1.807) is 11.8 Å². The number of Topliss-reactive ketones (excluding diaryl/α,β-unsaturated/α-hetero) is 1. The standard InChI is InChI=1S/C14H20OS/c1-10-6-7-12(11(2)8-10)13(15)9-16-14(3,4)5/h6-8H,9H2,1-5H3. The fourth-order valence-corrected chi connectivity index (χ4v) is 2.21. The van der Waals surface area contributed by atoms with E-state index in [0.29, 0.717) is 5.75 Å². The Morgan fingerprint density at radius 1 is 1.25 bits per heavy atom. The molecule has 0 unspecified atom stereocenters. The van der Waals surface area contributed by atoms with Gasteiger partial charge >= 0.3 is 0 Å². The molecule has 0 heterocycles. The van der Waals surface area contributed by atoms with Crippen LogP contribution in [0.1, 0.15) is 42.3 Å². The van der Waals surface area contributed by atoms with Gasteiger partial charge in [0.15, 0.2) is 5.78 Å². The van der Waals surface area contributed by atoms with E-state index in [1.807, 2.05) is 26.0 Å². The first kappa shape index (κ1) is 13.3. The van der Waals surface area contributed by atoms with Crippen LogP contribution in [0, 0.1) is 13.8 Å². The molecule has 0 aliphatic carbocycles. The predicted molar refractivity (Wildman–Crippen MR) is 72.5 cm³/mol. The largest absolute Gasteiger partial charge is 0.293 e. The maximum absolute atomic E-state index is 12.0. The Morgan fingerprint density at radius 2 is 1.88 bits per heavy atom. The Labute approximate surface area is 103 Å². The van der Waals surface area contributed by atoms with Gasteiger partial charge in [-0.05, 0) is 19.4 Å². The number of aryl methyl sites for hydroxylation is 2. The normalized spacial score (nSPS) is 11.6. The van der Waals surface area contributed by atoms with E-state index in [1.165, 1.54) is 5.56 Å². The zero-order valence-corrected chi connectivity index (χ0v) is 11.6. The lowest BCUT2D eigenvalue weighted by Crippen LogP contribution is -2.13. The van der Waals surface area contributed by atoms with Crippen LogP contribution in [0.25, 0.3) is 0 Å². The molecule has 0 N–H and O–H groups in total. The van der Waals surface area contributed by atoms with Gasteiger partial charge in [0.05, 0.1) is 5.75 Å². The second-order valence-corrected chi connectivity index (χ2v) is 6.94. The first-order valence-corrected chi connectivity index (χ1v) is 6.52. The highest BCUT2D eigenvalue weighted by molar-refractivity contribution is 8.01. The van der Waals surface area contributed by atoms with Crippen LogP contribution in [-0.2, 0) is 0 Å². The van der Waals surface area contributed by atoms with Crippen molar-refractivity contribution in [2.24, 2.45) is 0 Å². The highest BCUT2D eigenvalue weighted by Crippen LogP contribution is 2.24. The summed E-state index contributed by atoms with van der Waals surface area (Å²) in [6.07, 6.45) is 0. The molecule has 0 fully saturated rings. The van der Waals surface area contributed by atoms with Crippen molar-refractivity contribution in [2.75, 3.05) is 5.75 Å². The Morgan fingerprint density at radius 3 is 2.38 bits per heavy atom. The molecule has 0 aromatic heterocycles. The summed E-state index contributed by atoms with van der Waals surface area (Å²) in [6.45, 7) is 10.4. The molecule has 0 radical (unpaired) electrons. The topological polar surface area (TPSA) is 17.1 Å². The van der Waals surface area contributed by atoms with Crippen molar-refractivity contribution in [3.05, 3.63) is 34.9 Å². The summed E-state index contributed by atoms with van der Waals surface area (Å²) < 4.78 is 0.147. The maximum Gasteiger partial charge on any atom is 0.173 e. The summed E-state index contributed by atoms with van der Waals surface area (Å²) >= 11 is 1.70. The molecule has 2 heteroatoms. The van der Waals surface area contributed by atoms with Crippen molar-refractivity contribution in [1.29, 1.82) is 0 Å². The summed E-state index contributed by atoms with van der Waals surface area (Å²) in [4.78, 5) is 12.0. The predicted octanol–water partition coefficient (Wildman–Crippen LogP) is 4.02. The summed E-state index contributed by atoms with van der Waals surface area (Å²) in [5, 5.41) is 0. The Kier molecular flexibility index (Phi) is 4.20. The Hall–Kier alpha value is -0.760. The van der Waals surface area contributed by atoms with E-state index in [9.17, 15) is 4.79 Å². The van der Waals surface area contributed by atoms with Crippen LogP contribution in [0.4, 0.5) is 0 Å². The van der Waals surface area contributed by atoms with Gasteiger partial charge in [0.25, 0.3) is 0 Å². The number of carbonyl (C=O) groups excluding carboxylic acids is 1. The third-order valence-electron chi connectivity index (χ3n) is 2.32. The third-order valence-corrected chi connectivity index (χ3v) is 3.59. The van der Waals surface area contributed by atoms with Gasteiger partial charge in [-0.2, -0.15) is 0 Å². The third kappa shape index (κ3) is 4.01. The zero-order chi connectivity index (χ0) is 12.3. The molecule has 1 aromatic carbocycles. The molecule has 0 aliphatic rings. The average Bonchev–Trinajstić information content (AvgIpc) is 2.13. The number of rotatable bonds is 3. The zero-order valence-electron chi connectivity index (χ0n) is 10.8. The quantitative estimate of drug-likeness (QED) is 0.737. The van der Waals surface area contributed by atoms with Crippen LogP contribution in [0.15, 0.2) is 18.2 Å². The molecule has 16 heavy (non-hydrogen) atoms. The van der Waals surface area contributed by atoms with Crippen LogP contribution in [0.3, 0.4) is 0 Å². The Bertz CT molecular complexity index is 388. The van der Waals surface area contributed by atoms with Crippen LogP contribution in [0.5, 0.6) is 0 Å². The minimum atomic E-state index is 0.147. The van der Waals surface area contributed by atoms with E-state index >= 15 is 0 Å². The summed E-state index contributed by atoms with van der Waals surface area (Å²) in [5.41, 5.74) is 3.15. The molecule has 1 aromatic rings. The van der Waals surface area contributed by atoms with Crippen molar-refractivity contribution in [3.8, 4) is 0 Å². The molecule has 0 spiro atoms. The average molecular weight is 236 g/mol. The lowest BCUT2D eigenvalue weighted by Gasteiger charge is -2.17. The van der Waals surface area contributed by atoms with Gasteiger partial charge < -0.3 is 0 Å². The summed E-state index contributed by atoms with van der Waals surface area (Å²) in [7, 11) is 0. The highest BCUT2D eigenvalue weighted by Gasteiger charge is 2.15. The molecule has 0 saturated carbocycles. The molecular weight excluding hydrogens is 216 g/mol. The molecule has 0 amide bonds. The van der Waals surface area contributed by atoms with Gasteiger partial charge in [-0.25, -0.2) is 0 Å². The van der Waals surface area contributed by atoms with Crippen LogP contribution in [-0.4, -0.2) is 16.3 Å². The molecule has 1 nitrogen and oxygen atoms in total. The van der Waals surface area contributed by atoms with Crippen molar-refractivity contribution < 1.29 is 4.79 Å². The van der Waals surface area contributed by atoms with Gasteiger partial charge in [-0.3, -0.25) is 4.79 Å². The molecule has 0 atom stereocenters. The van der Waals surface area contributed by atoms with Gasteiger partial charge in [0, 0.05) is 10.3 Å². The summed E-state index contributed by atoms with van der Waals surface area (Å²) in [6, 6.07) is 6.01. The van der Waals surface area contributed by atoms with Crippen LogP contribution in [0.2, 0.25) is 0 Å². The number of ketones is 1. The smallest absolute Gasteiger partial charge is 0.173 e. The van der Waals surface area contributed by atoms with Crippen molar-refractivity contribution >= 4 is 17.5 Å². The lowest BCUT2D eigenvalue weighted by molar-refractivity contribution is 0.102. The van der Waals surface area contributed by atoms with Crippen molar-refractivity contribution in [1.82, 2.24) is 0 Å². The van der Waals surface area contributed by atoms with Crippen LogP contribution < -0.4 is 0 Å². The molecular formula is C14H20OS. The monoisotopic (exact) mass is 236 g/mol. The number of benzene rings is 1. The number of hydrogen-bond donors (Lipinski definition) is 0. The number of thioether (sulfide) groups is 1. The molecule has 0 aliphatic heterocycles. The van der Waals surface area contributed by atoms with Crippen molar-refractivity contribution in [3.63, 3.8) is 0 Å². The van der Waals surface area contributed by atoms with E-state index in [2.05, 4.69) is 26.8 Å². The lowest BCUT2D eigenvalue weighted by atomic mass is 10.0. The van der Waals surface area contributed by atoms with E-state index in [0.717, 1.165) is 11.1 Å². The second-order valence-electron chi connectivity index (χ2n) is 5.14. The van der Waals surface area contributed by atoms with Crippen LogP contribution >= 0.6 is 11.8 Å². The highest BCUT2D eigenvalue weighted by atomic mass is 32.2. The molecule has 0 saturated heterocycles. The second kappa shape index (κ2) is 5.05. The molecule has 88 valence electrons. The SMILES string of the molecule is Cc1ccc(C(=O)CSC(C)(C)C)c(C)c1. The van der Waals surface area contributed by atoms with Gasteiger partial charge in [0.2, 0.25) is 0 Å². The minimum absolute atomic E-state index is 0.147. The first-order chi connectivity index (χ1) is 7.29. The van der Waals surface area contributed by atoms with Gasteiger partial charge in [-0.1, -0.05) is 44.5 Å². The van der Waals surface area contributed by atoms with E-state index in [-0.39, 0.29) is 10.5 Å². The Balaban J connectivity index is 2.74. The van der Waals surface area contributed by atoms with Crippen molar-refractivity contribution in [2.45, 2.75) is 39.4 Å². The minimum Gasteiger partial charge on any atom is -0.293 e.